The molecule has 0 aliphatic heterocycles. The van der Waals surface area contributed by atoms with Crippen LogP contribution in [0.5, 0.6) is 5.75 Å². The van der Waals surface area contributed by atoms with Gasteiger partial charge in [0.25, 0.3) is 0 Å². The van der Waals surface area contributed by atoms with Crippen molar-refractivity contribution in [1.29, 1.82) is 0 Å². The topological polar surface area (TPSA) is 88.2 Å². The van der Waals surface area contributed by atoms with E-state index in [1.54, 1.807) is 43.9 Å². The molecule has 2 aromatic rings. The minimum atomic E-state index is -0.0376. The second-order valence-corrected chi connectivity index (χ2v) is 5.33. The molecule has 1 amide bonds. The summed E-state index contributed by atoms with van der Waals surface area (Å²) in [4.78, 5) is 19.8. The molecule has 8 heteroatoms. The van der Waals surface area contributed by atoms with Crippen molar-refractivity contribution in [3.05, 3.63) is 41.8 Å². The van der Waals surface area contributed by atoms with Crippen LogP contribution in [-0.2, 0) is 4.79 Å². The van der Waals surface area contributed by atoms with Crippen molar-refractivity contribution in [2.24, 2.45) is 0 Å². The molecule has 0 saturated carbocycles. The second-order valence-electron chi connectivity index (χ2n) is 4.89. The van der Waals surface area contributed by atoms with Gasteiger partial charge in [-0.1, -0.05) is 11.6 Å². The average Bonchev–Trinajstić information content (AvgIpc) is 2.60. The number of aromatic nitrogens is 2. The number of halogens is 1. The zero-order chi connectivity index (χ0) is 17.2. The van der Waals surface area contributed by atoms with E-state index in [0.717, 1.165) is 5.69 Å². The Kier molecular flexibility index (Phi) is 7.10. The zero-order valence-corrected chi connectivity index (χ0v) is 14.1. The molecule has 0 aliphatic rings. The van der Waals surface area contributed by atoms with E-state index in [0.29, 0.717) is 42.6 Å². The first kappa shape index (κ1) is 17.8. The Balaban J connectivity index is 1.64. The quantitative estimate of drug-likeness (QED) is 0.601. The summed E-state index contributed by atoms with van der Waals surface area (Å²) in [6.07, 6.45) is 5.19. The van der Waals surface area contributed by atoms with Crippen molar-refractivity contribution in [2.45, 2.75) is 6.42 Å². The molecule has 1 heterocycles. The van der Waals surface area contributed by atoms with Crippen LogP contribution in [0, 0.1) is 0 Å². The van der Waals surface area contributed by atoms with E-state index in [-0.39, 0.29) is 5.91 Å². The average molecular weight is 350 g/mol. The predicted molar refractivity (Wildman–Crippen MR) is 94.6 cm³/mol. The third kappa shape index (κ3) is 5.92. The van der Waals surface area contributed by atoms with Crippen LogP contribution in [0.15, 0.2) is 36.8 Å². The summed E-state index contributed by atoms with van der Waals surface area (Å²) in [7, 11) is 1.59. The highest BCUT2D eigenvalue weighted by molar-refractivity contribution is 6.30. The molecule has 128 valence electrons. The van der Waals surface area contributed by atoms with E-state index >= 15 is 0 Å². The van der Waals surface area contributed by atoms with Gasteiger partial charge in [-0.3, -0.25) is 9.78 Å². The van der Waals surface area contributed by atoms with Gasteiger partial charge >= 0.3 is 0 Å². The lowest BCUT2D eigenvalue weighted by molar-refractivity contribution is -0.120. The number of nitrogens with zero attached hydrogens (tertiary/aromatic N) is 2. The predicted octanol–water partition coefficient (Wildman–Crippen LogP) is 2.17. The molecule has 0 atom stereocenters. The number of nitrogens with one attached hydrogen (secondary N) is 3. The summed E-state index contributed by atoms with van der Waals surface area (Å²) in [5, 5.41) is 9.66. The fourth-order valence-electron chi connectivity index (χ4n) is 2.00. The number of amides is 1. The van der Waals surface area contributed by atoms with Crippen LogP contribution in [0.1, 0.15) is 6.42 Å². The first-order valence-electron chi connectivity index (χ1n) is 7.53. The molecule has 1 aromatic heterocycles. The van der Waals surface area contributed by atoms with Crippen LogP contribution < -0.4 is 20.7 Å². The number of benzene rings is 1. The number of hydrogen-bond donors (Lipinski definition) is 3. The summed E-state index contributed by atoms with van der Waals surface area (Å²) in [5.74, 6) is 1.33. The highest BCUT2D eigenvalue weighted by atomic mass is 35.5. The molecule has 2 rings (SSSR count). The fraction of sp³-hybridized carbons (Fsp3) is 0.312. The van der Waals surface area contributed by atoms with Crippen LogP contribution in [-0.4, -0.2) is 42.6 Å². The third-order valence-corrected chi connectivity index (χ3v) is 3.38. The minimum absolute atomic E-state index is 0.0376. The first-order chi connectivity index (χ1) is 11.7. The highest BCUT2D eigenvalue weighted by Crippen LogP contribution is 2.27. The van der Waals surface area contributed by atoms with E-state index in [1.807, 2.05) is 0 Å². The lowest BCUT2D eigenvalue weighted by Gasteiger charge is -2.11. The largest absolute Gasteiger partial charge is 0.495 e. The number of methoxy groups -OCH3 is 1. The molecule has 1 aromatic carbocycles. The summed E-state index contributed by atoms with van der Waals surface area (Å²) in [6.45, 7) is 1.58. The second kappa shape index (κ2) is 9.57. The summed E-state index contributed by atoms with van der Waals surface area (Å²) in [5.41, 5.74) is 0.766. The number of carbonyl (C=O) groups is 1. The number of hydrogen-bond acceptors (Lipinski definition) is 6. The highest BCUT2D eigenvalue weighted by Gasteiger charge is 2.05. The lowest BCUT2D eigenvalue weighted by Crippen LogP contribution is -2.30. The van der Waals surface area contributed by atoms with Gasteiger partial charge in [0.2, 0.25) is 5.91 Å². The van der Waals surface area contributed by atoms with Gasteiger partial charge in [0.15, 0.2) is 0 Å². The molecule has 0 fully saturated rings. The summed E-state index contributed by atoms with van der Waals surface area (Å²) < 4.78 is 5.24. The molecule has 7 nitrogen and oxygen atoms in total. The van der Waals surface area contributed by atoms with Gasteiger partial charge in [0, 0.05) is 43.5 Å². The first-order valence-corrected chi connectivity index (χ1v) is 7.91. The van der Waals surface area contributed by atoms with E-state index < -0.39 is 0 Å². The molecular formula is C16H20ClN5O2. The van der Waals surface area contributed by atoms with Crippen LogP contribution >= 0.6 is 11.6 Å². The van der Waals surface area contributed by atoms with Crippen molar-refractivity contribution < 1.29 is 9.53 Å². The Morgan fingerprint density at radius 2 is 2.08 bits per heavy atom. The minimum Gasteiger partial charge on any atom is -0.495 e. The number of anilines is 2. The van der Waals surface area contributed by atoms with Gasteiger partial charge in [-0.15, -0.1) is 0 Å². The smallest absolute Gasteiger partial charge is 0.221 e. The third-order valence-electron chi connectivity index (χ3n) is 3.15. The van der Waals surface area contributed by atoms with Crippen molar-refractivity contribution in [2.75, 3.05) is 37.4 Å². The summed E-state index contributed by atoms with van der Waals surface area (Å²) >= 11 is 5.96. The van der Waals surface area contributed by atoms with Gasteiger partial charge < -0.3 is 20.7 Å². The normalized spacial score (nSPS) is 10.1. The molecule has 0 saturated heterocycles. The van der Waals surface area contributed by atoms with Crippen LogP contribution in [0.2, 0.25) is 5.02 Å². The van der Waals surface area contributed by atoms with Gasteiger partial charge in [-0.05, 0) is 18.2 Å². The Hall–Kier alpha value is -2.54. The van der Waals surface area contributed by atoms with Crippen molar-refractivity contribution in [3.8, 4) is 5.75 Å². The summed E-state index contributed by atoms with van der Waals surface area (Å²) in [6, 6.07) is 5.30. The Labute approximate surface area is 145 Å². The van der Waals surface area contributed by atoms with Crippen LogP contribution in [0.25, 0.3) is 0 Å². The van der Waals surface area contributed by atoms with E-state index in [2.05, 4.69) is 25.9 Å². The van der Waals surface area contributed by atoms with Gasteiger partial charge in [0.05, 0.1) is 19.0 Å². The SMILES string of the molecule is COc1ccc(Cl)cc1NCCC(=O)NCCNc1cnccn1. The molecule has 0 bridgehead atoms. The standard InChI is InChI=1S/C16H20ClN5O2/c1-24-14-3-2-12(17)10-13(14)19-5-4-16(23)22-9-8-21-15-11-18-6-7-20-15/h2-3,6-7,10-11,19H,4-5,8-9H2,1H3,(H,20,21)(H,22,23). The molecule has 0 radical (unpaired) electrons. The Bertz CT molecular complexity index is 654. The lowest BCUT2D eigenvalue weighted by atomic mass is 10.2. The molecule has 0 spiro atoms. The van der Waals surface area contributed by atoms with E-state index in [9.17, 15) is 4.79 Å². The molecular weight excluding hydrogens is 330 g/mol. The van der Waals surface area contributed by atoms with Gasteiger partial charge in [-0.2, -0.15) is 0 Å². The Morgan fingerprint density at radius 1 is 1.21 bits per heavy atom. The fourth-order valence-corrected chi connectivity index (χ4v) is 2.17. The monoisotopic (exact) mass is 349 g/mol. The zero-order valence-electron chi connectivity index (χ0n) is 13.4. The Morgan fingerprint density at radius 3 is 2.83 bits per heavy atom. The maximum atomic E-state index is 11.8. The van der Waals surface area contributed by atoms with Crippen molar-refractivity contribution in [1.82, 2.24) is 15.3 Å². The van der Waals surface area contributed by atoms with Crippen molar-refractivity contribution in [3.63, 3.8) is 0 Å². The van der Waals surface area contributed by atoms with Gasteiger partial charge in [0.1, 0.15) is 11.6 Å². The number of carbonyl (C=O) groups excluding carboxylic acids is 1. The maximum Gasteiger partial charge on any atom is 0.221 e. The van der Waals surface area contributed by atoms with E-state index in [1.165, 1.54) is 0 Å². The van der Waals surface area contributed by atoms with E-state index in [4.69, 9.17) is 16.3 Å². The van der Waals surface area contributed by atoms with Crippen LogP contribution in [0.4, 0.5) is 11.5 Å². The number of rotatable bonds is 9. The molecule has 0 aliphatic carbocycles. The van der Waals surface area contributed by atoms with Crippen LogP contribution in [0.3, 0.4) is 0 Å². The molecule has 3 N–H and O–H groups in total. The maximum absolute atomic E-state index is 11.8. The van der Waals surface area contributed by atoms with Gasteiger partial charge in [-0.25, -0.2) is 4.98 Å². The van der Waals surface area contributed by atoms with Crippen molar-refractivity contribution >= 4 is 29.0 Å². The molecule has 24 heavy (non-hydrogen) atoms. The number of ether oxygens (including phenoxy) is 1. The molecule has 0 unspecified atom stereocenters.